The average Bonchev–Trinajstić information content (AvgIpc) is 2.97. The van der Waals surface area contributed by atoms with Crippen molar-refractivity contribution in [3.8, 4) is 0 Å². The molecule has 5 heteroatoms. The van der Waals surface area contributed by atoms with Gasteiger partial charge in [-0.1, -0.05) is 49.0 Å². The van der Waals surface area contributed by atoms with E-state index < -0.39 is 5.66 Å². The molecule has 2 aromatic carbocycles. The maximum Gasteiger partial charge on any atom is 0.260 e. The zero-order valence-electron chi connectivity index (χ0n) is 16.1. The quantitative estimate of drug-likeness (QED) is 0.647. The van der Waals surface area contributed by atoms with Crippen LogP contribution in [0, 0.1) is 18.7 Å². The van der Waals surface area contributed by atoms with E-state index in [1.807, 2.05) is 31.2 Å². The minimum atomic E-state index is -0.630. The van der Waals surface area contributed by atoms with Crippen molar-refractivity contribution < 1.29 is 9.18 Å². The van der Waals surface area contributed by atoms with E-state index in [1.54, 1.807) is 4.90 Å². The summed E-state index contributed by atoms with van der Waals surface area (Å²) in [5.41, 5.74) is 2.61. The number of amides is 1. The molecule has 0 radical (unpaired) electrons. The molecule has 0 saturated heterocycles. The van der Waals surface area contributed by atoms with Gasteiger partial charge in [0.05, 0.1) is 0 Å². The van der Waals surface area contributed by atoms with E-state index >= 15 is 0 Å². The van der Waals surface area contributed by atoms with Crippen LogP contribution in [0.1, 0.15) is 54.1 Å². The first-order valence-corrected chi connectivity index (χ1v) is 10.1. The van der Waals surface area contributed by atoms with Crippen LogP contribution in [0.3, 0.4) is 0 Å². The number of thiocarbonyl (C=S) groups is 1. The summed E-state index contributed by atoms with van der Waals surface area (Å²) in [6.45, 7) is 4.27. The van der Waals surface area contributed by atoms with E-state index in [9.17, 15) is 9.18 Å². The fourth-order valence-electron chi connectivity index (χ4n) is 4.06. The van der Waals surface area contributed by atoms with Gasteiger partial charge in [0.25, 0.3) is 5.91 Å². The van der Waals surface area contributed by atoms with Crippen molar-refractivity contribution in [2.24, 2.45) is 10.9 Å². The van der Waals surface area contributed by atoms with Crippen molar-refractivity contribution in [3.63, 3.8) is 0 Å². The second-order valence-electron chi connectivity index (χ2n) is 7.94. The van der Waals surface area contributed by atoms with Gasteiger partial charge in [-0.05, 0) is 62.8 Å². The molecule has 1 aliphatic heterocycles. The SMILES string of the molecule is Cc1ccc(C2=NC3(CCC(C)CC3)N(C(=O)c3ccc(F)cc3)C2=S)cc1. The molecule has 1 saturated carbocycles. The van der Waals surface area contributed by atoms with Crippen LogP contribution in [0.5, 0.6) is 0 Å². The lowest BCUT2D eigenvalue weighted by Crippen LogP contribution is -2.51. The summed E-state index contributed by atoms with van der Waals surface area (Å²) in [4.78, 5) is 20.6. The average molecular weight is 395 g/mol. The zero-order valence-corrected chi connectivity index (χ0v) is 16.9. The lowest BCUT2D eigenvalue weighted by atomic mass is 9.82. The van der Waals surface area contributed by atoms with Gasteiger partial charge in [-0.15, -0.1) is 0 Å². The molecule has 3 nitrogen and oxygen atoms in total. The van der Waals surface area contributed by atoms with Crippen LogP contribution >= 0.6 is 12.2 Å². The molecule has 1 spiro atoms. The summed E-state index contributed by atoms with van der Waals surface area (Å²) < 4.78 is 13.3. The van der Waals surface area contributed by atoms with Crippen LogP contribution in [0.4, 0.5) is 4.39 Å². The van der Waals surface area contributed by atoms with Crippen LogP contribution in [-0.2, 0) is 0 Å². The van der Waals surface area contributed by atoms with Crippen molar-refractivity contribution in [3.05, 3.63) is 71.0 Å². The van der Waals surface area contributed by atoms with Gasteiger partial charge in [0.15, 0.2) is 0 Å². The number of rotatable bonds is 2. The Kier molecular flexibility index (Phi) is 4.88. The van der Waals surface area contributed by atoms with E-state index in [0.29, 0.717) is 22.2 Å². The molecule has 1 fully saturated rings. The number of aryl methyl sites for hydroxylation is 1. The van der Waals surface area contributed by atoms with Crippen LogP contribution in [0.2, 0.25) is 0 Å². The lowest BCUT2D eigenvalue weighted by molar-refractivity contribution is 0.0613. The summed E-state index contributed by atoms with van der Waals surface area (Å²) in [6.07, 6.45) is 3.58. The van der Waals surface area contributed by atoms with Crippen molar-refractivity contribution in [1.29, 1.82) is 0 Å². The molecule has 0 N–H and O–H groups in total. The van der Waals surface area contributed by atoms with E-state index in [4.69, 9.17) is 17.2 Å². The molecule has 4 rings (SSSR count). The predicted octanol–water partition coefficient (Wildman–Crippen LogP) is 5.31. The Hall–Kier alpha value is -2.40. The summed E-state index contributed by atoms with van der Waals surface area (Å²) in [6, 6.07) is 13.7. The number of benzene rings is 2. The first kappa shape index (κ1) is 18.9. The number of hydrogen-bond donors (Lipinski definition) is 0. The Morgan fingerprint density at radius 3 is 2.32 bits per heavy atom. The monoisotopic (exact) mass is 394 g/mol. The lowest BCUT2D eigenvalue weighted by Gasteiger charge is -2.40. The number of nitrogens with zero attached hydrogens (tertiary/aromatic N) is 2. The third-order valence-corrected chi connectivity index (χ3v) is 6.21. The van der Waals surface area contributed by atoms with Gasteiger partial charge in [-0.25, -0.2) is 4.39 Å². The fraction of sp³-hybridized carbons (Fsp3) is 0.348. The molecule has 1 heterocycles. The molecule has 2 aromatic rings. The zero-order chi connectivity index (χ0) is 19.9. The van der Waals surface area contributed by atoms with Crippen LogP contribution in [0.25, 0.3) is 0 Å². The number of halogens is 1. The van der Waals surface area contributed by atoms with Gasteiger partial charge >= 0.3 is 0 Å². The molecule has 0 atom stereocenters. The first-order valence-electron chi connectivity index (χ1n) is 9.71. The number of carbonyl (C=O) groups excluding carboxylic acids is 1. The van der Waals surface area contributed by atoms with E-state index in [2.05, 4.69) is 6.92 Å². The van der Waals surface area contributed by atoms with Crippen LogP contribution in [-0.4, -0.2) is 27.2 Å². The Balaban J connectivity index is 1.76. The Morgan fingerprint density at radius 1 is 1.11 bits per heavy atom. The summed E-state index contributed by atoms with van der Waals surface area (Å²) >= 11 is 5.76. The molecular formula is C23H23FN2OS. The minimum Gasteiger partial charge on any atom is -0.271 e. The first-order chi connectivity index (χ1) is 13.4. The minimum absolute atomic E-state index is 0.203. The van der Waals surface area contributed by atoms with Gasteiger partial charge in [-0.2, -0.15) is 0 Å². The highest BCUT2D eigenvalue weighted by molar-refractivity contribution is 7.82. The molecule has 1 aliphatic carbocycles. The van der Waals surface area contributed by atoms with Gasteiger partial charge in [-0.3, -0.25) is 14.7 Å². The van der Waals surface area contributed by atoms with E-state index in [-0.39, 0.29) is 11.7 Å². The van der Waals surface area contributed by atoms with Gasteiger partial charge in [0.2, 0.25) is 0 Å². The Labute approximate surface area is 170 Å². The van der Waals surface area contributed by atoms with Crippen molar-refractivity contribution >= 4 is 28.8 Å². The molecule has 28 heavy (non-hydrogen) atoms. The summed E-state index contributed by atoms with van der Waals surface area (Å²) in [7, 11) is 0. The van der Waals surface area contributed by atoms with Crippen molar-refractivity contribution in [2.45, 2.75) is 45.2 Å². The van der Waals surface area contributed by atoms with E-state index in [1.165, 1.54) is 24.3 Å². The predicted molar refractivity (Wildman–Crippen MR) is 113 cm³/mol. The van der Waals surface area contributed by atoms with Crippen molar-refractivity contribution in [2.75, 3.05) is 0 Å². The van der Waals surface area contributed by atoms with Gasteiger partial charge < -0.3 is 0 Å². The van der Waals surface area contributed by atoms with Gasteiger partial charge in [0, 0.05) is 11.1 Å². The van der Waals surface area contributed by atoms with Gasteiger partial charge in [0.1, 0.15) is 22.2 Å². The highest BCUT2D eigenvalue weighted by Crippen LogP contribution is 2.42. The molecule has 0 aromatic heterocycles. The summed E-state index contributed by atoms with van der Waals surface area (Å²) in [5, 5.41) is 0. The highest BCUT2D eigenvalue weighted by atomic mass is 32.1. The number of aliphatic imine (C=N–C) groups is 1. The molecular weight excluding hydrogens is 371 g/mol. The third-order valence-electron chi connectivity index (χ3n) is 5.84. The normalized spacial score (nSPS) is 24.5. The highest BCUT2D eigenvalue weighted by Gasteiger charge is 2.49. The second-order valence-corrected chi connectivity index (χ2v) is 8.33. The number of hydrogen-bond acceptors (Lipinski definition) is 3. The van der Waals surface area contributed by atoms with E-state index in [0.717, 1.165) is 36.8 Å². The summed E-state index contributed by atoms with van der Waals surface area (Å²) in [5.74, 6) is 0.0457. The third kappa shape index (κ3) is 3.28. The Bertz CT molecular complexity index is 942. The molecule has 2 aliphatic rings. The topological polar surface area (TPSA) is 32.7 Å². The maximum absolute atomic E-state index is 13.4. The fourth-order valence-corrected chi connectivity index (χ4v) is 4.48. The maximum atomic E-state index is 13.4. The second kappa shape index (κ2) is 7.21. The molecule has 1 amide bonds. The molecule has 0 unspecified atom stereocenters. The molecule has 144 valence electrons. The smallest absolute Gasteiger partial charge is 0.260 e. The number of carbonyl (C=O) groups is 1. The largest absolute Gasteiger partial charge is 0.271 e. The van der Waals surface area contributed by atoms with Crippen LogP contribution in [0.15, 0.2) is 53.5 Å². The Morgan fingerprint density at radius 2 is 1.71 bits per heavy atom. The van der Waals surface area contributed by atoms with Crippen LogP contribution < -0.4 is 0 Å². The molecule has 0 bridgehead atoms. The van der Waals surface area contributed by atoms with Crippen molar-refractivity contribution in [1.82, 2.24) is 4.90 Å². The standard InChI is InChI=1S/C23H23FN2OS/c1-15-3-5-17(6-4-15)20-22(28)26(21(27)18-7-9-19(24)10-8-18)23(25-20)13-11-16(2)12-14-23/h3-10,16H,11-14H2,1-2H3.